The van der Waals surface area contributed by atoms with Crippen LogP contribution in [0.25, 0.3) is 0 Å². The predicted octanol–water partition coefficient (Wildman–Crippen LogP) is 1.14. The van der Waals surface area contributed by atoms with Crippen LogP contribution in [-0.4, -0.2) is 37.5 Å². The molecule has 0 saturated carbocycles. The van der Waals surface area contributed by atoms with Crippen molar-refractivity contribution in [2.45, 2.75) is 45.8 Å². The van der Waals surface area contributed by atoms with Gasteiger partial charge in [0.25, 0.3) is 0 Å². The van der Waals surface area contributed by atoms with E-state index in [4.69, 9.17) is 9.31 Å². The second-order valence-corrected chi connectivity index (χ2v) is 8.08. The summed E-state index contributed by atoms with van der Waals surface area (Å²) in [5, 5.41) is 0. The third-order valence-electron chi connectivity index (χ3n) is 3.95. The fraction of sp³-hybridized carbons (Fsp3) is 0.615. The van der Waals surface area contributed by atoms with Crippen molar-refractivity contribution in [1.82, 2.24) is 4.98 Å². The number of nitrogens with zero attached hydrogens (tertiary/aromatic N) is 1. The average molecular weight is 312 g/mol. The molecule has 21 heavy (non-hydrogen) atoms. The van der Waals surface area contributed by atoms with Crippen LogP contribution in [0, 0.1) is 0 Å². The van der Waals surface area contributed by atoms with Crippen LogP contribution in [0.3, 0.4) is 0 Å². The molecule has 1 N–H and O–H groups in total. The van der Waals surface area contributed by atoms with Gasteiger partial charge in [-0.1, -0.05) is 6.07 Å². The summed E-state index contributed by atoms with van der Waals surface area (Å²) < 4.78 is 37.2. The first-order valence-electron chi connectivity index (χ1n) is 6.88. The van der Waals surface area contributed by atoms with Crippen LogP contribution >= 0.6 is 0 Å². The normalized spacial score (nSPS) is 20.5. The van der Waals surface area contributed by atoms with Crippen LogP contribution in [-0.2, 0) is 19.3 Å². The first-order valence-corrected chi connectivity index (χ1v) is 8.53. The third kappa shape index (κ3) is 3.38. The molecule has 0 radical (unpaired) electrons. The molecule has 0 spiro atoms. The molecular formula is C13H21BN2O4S. The highest BCUT2D eigenvalue weighted by molar-refractivity contribution is 7.92. The van der Waals surface area contributed by atoms with Gasteiger partial charge in [-0.2, -0.15) is 0 Å². The molecule has 1 aromatic rings. The molecule has 0 atom stereocenters. The van der Waals surface area contributed by atoms with Crippen LogP contribution < -0.4 is 10.2 Å². The number of pyridine rings is 1. The Labute approximate surface area is 126 Å². The maximum absolute atomic E-state index is 11.5. The highest BCUT2D eigenvalue weighted by Crippen LogP contribution is 2.36. The molecule has 1 saturated heterocycles. The van der Waals surface area contributed by atoms with Gasteiger partial charge in [0.05, 0.1) is 17.0 Å². The number of hydrogen-bond donors (Lipinski definition) is 1. The van der Waals surface area contributed by atoms with Crippen molar-refractivity contribution in [3.8, 4) is 0 Å². The van der Waals surface area contributed by atoms with Gasteiger partial charge in [-0.3, -0.25) is 4.72 Å². The topological polar surface area (TPSA) is 77.5 Å². The lowest BCUT2D eigenvalue weighted by Gasteiger charge is -2.32. The zero-order valence-electron chi connectivity index (χ0n) is 13.0. The van der Waals surface area contributed by atoms with Gasteiger partial charge in [-0.05, 0) is 40.7 Å². The van der Waals surface area contributed by atoms with Crippen molar-refractivity contribution < 1.29 is 17.7 Å². The van der Waals surface area contributed by atoms with Crippen molar-refractivity contribution in [2.75, 3.05) is 10.5 Å². The summed E-state index contributed by atoms with van der Waals surface area (Å²) in [6, 6.07) is 3.36. The maximum Gasteiger partial charge on any atom is 0.496 e. The zero-order valence-corrected chi connectivity index (χ0v) is 13.8. The lowest BCUT2D eigenvalue weighted by Crippen LogP contribution is -2.41. The fourth-order valence-electron chi connectivity index (χ4n) is 1.82. The van der Waals surface area contributed by atoms with Crippen molar-refractivity contribution in [1.29, 1.82) is 0 Å². The van der Waals surface area contributed by atoms with E-state index in [2.05, 4.69) is 9.71 Å². The Bertz CT molecular complexity index is 598. The van der Waals surface area contributed by atoms with E-state index in [0.717, 1.165) is 5.46 Å². The highest BCUT2D eigenvalue weighted by atomic mass is 32.2. The molecule has 6 nitrogen and oxygen atoms in total. The molecule has 0 aromatic carbocycles. The molecule has 1 aliphatic rings. The Kier molecular flexibility index (Phi) is 4.07. The van der Waals surface area contributed by atoms with Gasteiger partial charge >= 0.3 is 7.12 Å². The first kappa shape index (κ1) is 16.3. The van der Waals surface area contributed by atoms with Gasteiger partial charge in [-0.15, -0.1) is 0 Å². The van der Waals surface area contributed by atoms with Crippen LogP contribution in [0.2, 0.25) is 0 Å². The second-order valence-electron chi connectivity index (χ2n) is 6.07. The number of rotatable bonds is 4. The van der Waals surface area contributed by atoms with Gasteiger partial charge in [0.2, 0.25) is 10.0 Å². The predicted molar refractivity (Wildman–Crippen MR) is 83.0 cm³/mol. The van der Waals surface area contributed by atoms with Crippen LogP contribution in [0.4, 0.5) is 5.82 Å². The number of sulfonamides is 1. The SMILES string of the molecule is CCS(=O)(=O)Nc1ccc(B2OC(C)(C)C(C)(C)O2)cn1. The number of nitrogens with one attached hydrogen (secondary N) is 1. The summed E-state index contributed by atoms with van der Waals surface area (Å²) >= 11 is 0. The van der Waals surface area contributed by atoms with Crippen molar-refractivity contribution in [3.05, 3.63) is 18.3 Å². The molecule has 2 rings (SSSR count). The molecule has 1 aromatic heterocycles. The standard InChI is InChI=1S/C13H21BN2O4S/c1-6-21(17,18)16-11-8-7-10(9-15-11)14-19-12(2,3)13(4,5)20-14/h7-9H,6H2,1-5H3,(H,15,16). The van der Waals surface area contributed by atoms with Gasteiger partial charge in [0, 0.05) is 11.7 Å². The molecule has 0 amide bonds. The maximum atomic E-state index is 11.5. The Morgan fingerprint density at radius 3 is 2.19 bits per heavy atom. The smallest absolute Gasteiger partial charge is 0.399 e. The van der Waals surface area contributed by atoms with Crippen molar-refractivity contribution in [3.63, 3.8) is 0 Å². The Balaban J connectivity index is 2.14. The van der Waals surface area contributed by atoms with E-state index in [0.29, 0.717) is 0 Å². The fourth-order valence-corrected chi connectivity index (χ4v) is 2.40. The monoisotopic (exact) mass is 312 g/mol. The number of anilines is 1. The van der Waals surface area contributed by atoms with E-state index in [1.165, 1.54) is 0 Å². The van der Waals surface area contributed by atoms with Gasteiger partial charge in [0.1, 0.15) is 5.82 Å². The molecule has 2 heterocycles. The molecule has 0 bridgehead atoms. The minimum Gasteiger partial charge on any atom is -0.399 e. The molecular weight excluding hydrogens is 291 g/mol. The third-order valence-corrected chi connectivity index (χ3v) is 5.23. The molecule has 1 fully saturated rings. The van der Waals surface area contributed by atoms with Gasteiger partial charge < -0.3 is 9.31 Å². The van der Waals surface area contributed by atoms with Crippen LogP contribution in [0.5, 0.6) is 0 Å². The van der Waals surface area contributed by atoms with E-state index in [1.54, 1.807) is 25.3 Å². The lowest BCUT2D eigenvalue weighted by atomic mass is 9.80. The van der Waals surface area contributed by atoms with Crippen molar-refractivity contribution in [2.24, 2.45) is 0 Å². The summed E-state index contributed by atoms with van der Waals surface area (Å²) in [5.74, 6) is 0.297. The number of hydrogen-bond acceptors (Lipinski definition) is 5. The Hall–Kier alpha value is -1.12. The largest absolute Gasteiger partial charge is 0.496 e. The van der Waals surface area contributed by atoms with E-state index < -0.39 is 28.3 Å². The molecule has 0 unspecified atom stereocenters. The van der Waals surface area contributed by atoms with Crippen LogP contribution in [0.15, 0.2) is 18.3 Å². The quantitative estimate of drug-likeness (QED) is 0.844. The Morgan fingerprint density at radius 2 is 1.76 bits per heavy atom. The molecule has 116 valence electrons. The Morgan fingerprint density at radius 1 is 1.19 bits per heavy atom. The average Bonchev–Trinajstić information content (AvgIpc) is 2.59. The summed E-state index contributed by atoms with van der Waals surface area (Å²) in [6.07, 6.45) is 1.57. The minimum absolute atomic E-state index is 0.00760. The lowest BCUT2D eigenvalue weighted by molar-refractivity contribution is 0.00578. The second kappa shape index (κ2) is 5.26. The summed E-state index contributed by atoms with van der Waals surface area (Å²) in [4.78, 5) is 4.10. The van der Waals surface area contributed by atoms with Gasteiger partial charge in [0.15, 0.2) is 0 Å². The van der Waals surface area contributed by atoms with E-state index in [9.17, 15) is 8.42 Å². The highest BCUT2D eigenvalue weighted by Gasteiger charge is 2.51. The molecule has 0 aliphatic carbocycles. The zero-order chi connectivity index (χ0) is 15.9. The van der Waals surface area contributed by atoms with E-state index in [1.807, 2.05) is 27.7 Å². The van der Waals surface area contributed by atoms with Crippen molar-refractivity contribution >= 4 is 28.4 Å². The van der Waals surface area contributed by atoms with E-state index in [-0.39, 0.29) is 11.6 Å². The first-order chi connectivity index (χ1) is 9.56. The minimum atomic E-state index is -3.32. The summed E-state index contributed by atoms with van der Waals surface area (Å²) in [7, 11) is -3.82. The van der Waals surface area contributed by atoms with Crippen LogP contribution in [0.1, 0.15) is 34.6 Å². The van der Waals surface area contributed by atoms with Gasteiger partial charge in [-0.25, -0.2) is 13.4 Å². The number of aromatic nitrogens is 1. The van der Waals surface area contributed by atoms with E-state index >= 15 is 0 Å². The summed E-state index contributed by atoms with van der Waals surface area (Å²) in [6.45, 7) is 9.48. The summed E-state index contributed by atoms with van der Waals surface area (Å²) in [5.41, 5.74) is -0.0756. The molecule has 8 heteroatoms. The molecule has 1 aliphatic heterocycles.